The maximum Gasteiger partial charge on any atom is 0.267 e. The van der Waals surface area contributed by atoms with Crippen molar-refractivity contribution < 1.29 is 19.5 Å². The van der Waals surface area contributed by atoms with Crippen LogP contribution in [0.3, 0.4) is 0 Å². The molecule has 2 aliphatic heterocycles. The predicted molar refractivity (Wildman–Crippen MR) is 102 cm³/mol. The third-order valence-corrected chi connectivity index (χ3v) is 5.84. The number of carbonyl (C=O) groups excluding carboxylic acids is 3. The molecule has 1 saturated heterocycles. The summed E-state index contributed by atoms with van der Waals surface area (Å²) < 4.78 is 0.428. The number of thiocarbonyl (C=S) groups is 1. The predicted octanol–water partition coefficient (Wildman–Crippen LogP) is 1.54. The van der Waals surface area contributed by atoms with Crippen LogP contribution in [-0.4, -0.2) is 40.6 Å². The molecular formula is C18H17N2O4S2-. The van der Waals surface area contributed by atoms with Crippen LogP contribution in [-0.2, 0) is 14.4 Å². The third kappa shape index (κ3) is 3.39. The van der Waals surface area contributed by atoms with Crippen LogP contribution >= 0.6 is 24.0 Å². The summed E-state index contributed by atoms with van der Waals surface area (Å²) in [6.45, 7) is 0.417. The topological polar surface area (TPSA) is 80.8 Å². The Balaban J connectivity index is 1.77. The average Bonchev–Trinajstić information content (AvgIpc) is 3.02. The molecule has 1 fully saturated rings. The maximum atomic E-state index is 12.8. The number of unbranched alkanes of at least 4 members (excludes halogenated alkanes) is 2. The van der Waals surface area contributed by atoms with Gasteiger partial charge >= 0.3 is 0 Å². The van der Waals surface area contributed by atoms with Crippen molar-refractivity contribution in [2.45, 2.75) is 25.7 Å². The lowest BCUT2D eigenvalue weighted by atomic mass is 10.1. The Kier molecular flexibility index (Phi) is 5.43. The van der Waals surface area contributed by atoms with Crippen LogP contribution in [0.15, 0.2) is 29.2 Å². The average molecular weight is 389 g/mol. The first kappa shape index (κ1) is 18.6. The number of carboxylic acids is 1. The molecule has 2 aliphatic rings. The number of thioether (sulfide) groups is 1. The van der Waals surface area contributed by atoms with Crippen molar-refractivity contribution in [3.05, 3.63) is 34.7 Å². The smallest absolute Gasteiger partial charge is 0.267 e. The molecule has 26 heavy (non-hydrogen) atoms. The summed E-state index contributed by atoms with van der Waals surface area (Å²) in [5.74, 6) is -1.53. The first-order valence-electron chi connectivity index (χ1n) is 8.27. The summed E-state index contributed by atoms with van der Waals surface area (Å²) >= 11 is 6.47. The molecule has 1 aromatic rings. The van der Waals surface area contributed by atoms with Gasteiger partial charge in [-0.1, -0.05) is 48.6 Å². The van der Waals surface area contributed by atoms with Crippen LogP contribution in [0.5, 0.6) is 0 Å². The van der Waals surface area contributed by atoms with Gasteiger partial charge in [0.1, 0.15) is 4.32 Å². The molecule has 0 bridgehead atoms. The standard InChI is InChI=1S/C18H18N2O4S2/c1-19-12-8-5-4-7-11(12)14(16(19)23)15-17(24)20(18(25)26-15)10-6-2-3-9-13(21)22/h4-5,7-8H,2-3,6,9-10H2,1H3,(H,21,22)/p-1/b15-14-. The monoisotopic (exact) mass is 389 g/mol. The number of nitrogens with zero attached hydrogens (tertiary/aromatic N) is 2. The number of hydrogen-bond donors (Lipinski definition) is 0. The molecule has 0 aromatic heterocycles. The minimum Gasteiger partial charge on any atom is -0.550 e. The first-order chi connectivity index (χ1) is 12.4. The lowest BCUT2D eigenvalue weighted by molar-refractivity contribution is -0.305. The van der Waals surface area contributed by atoms with Crippen LogP contribution in [0, 0.1) is 0 Å². The van der Waals surface area contributed by atoms with E-state index in [0.717, 1.165) is 23.0 Å². The van der Waals surface area contributed by atoms with Gasteiger partial charge in [-0.15, -0.1) is 0 Å². The Hall–Kier alpha value is -2.19. The second-order valence-corrected chi connectivity index (χ2v) is 7.74. The number of anilines is 1. The van der Waals surface area contributed by atoms with Crippen molar-refractivity contribution in [3.8, 4) is 0 Å². The number of para-hydroxylation sites is 1. The Bertz CT molecular complexity index is 834. The van der Waals surface area contributed by atoms with E-state index in [1.807, 2.05) is 24.3 Å². The molecule has 0 aliphatic carbocycles. The molecule has 6 nitrogen and oxygen atoms in total. The highest BCUT2D eigenvalue weighted by Crippen LogP contribution is 2.43. The van der Waals surface area contributed by atoms with Crippen LogP contribution < -0.4 is 10.0 Å². The van der Waals surface area contributed by atoms with Crippen molar-refractivity contribution >= 4 is 57.3 Å². The third-order valence-electron chi connectivity index (χ3n) is 4.39. The SMILES string of the molecule is CN1C(=O)/C(=C2\SC(=S)N(CCCCCC(=O)[O-])C2=O)c2ccccc21. The summed E-state index contributed by atoms with van der Waals surface area (Å²) in [6.07, 6.45) is 1.84. The highest BCUT2D eigenvalue weighted by Gasteiger charge is 2.40. The van der Waals surface area contributed by atoms with Gasteiger partial charge in [-0.25, -0.2) is 0 Å². The minimum absolute atomic E-state index is 0.0140. The van der Waals surface area contributed by atoms with Gasteiger partial charge in [-0.05, 0) is 25.3 Å². The lowest BCUT2D eigenvalue weighted by Crippen LogP contribution is -2.29. The summed E-state index contributed by atoms with van der Waals surface area (Å²) in [5, 5.41) is 10.4. The summed E-state index contributed by atoms with van der Waals surface area (Å²) in [5.41, 5.74) is 1.93. The van der Waals surface area contributed by atoms with Crippen LogP contribution in [0.2, 0.25) is 0 Å². The highest BCUT2D eigenvalue weighted by molar-refractivity contribution is 8.26. The molecule has 0 N–H and O–H groups in total. The summed E-state index contributed by atoms with van der Waals surface area (Å²) in [7, 11) is 1.69. The van der Waals surface area contributed by atoms with E-state index in [-0.39, 0.29) is 18.2 Å². The Morgan fingerprint density at radius 2 is 1.88 bits per heavy atom. The Morgan fingerprint density at radius 3 is 2.62 bits per heavy atom. The molecule has 0 atom stereocenters. The zero-order valence-electron chi connectivity index (χ0n) is 14.2. The highest BCUT2D eigenvalue weighted by atomic mass is 32.2. The van der Waals surface area contributed by atoms with Gasteiger partial charge in [-0.2, -0.15) is 0 Å². The number of benzene rings is 1. The molecule has 0 unspecified atom stereocenters. The fourth-order valence-corrected chi connectivity index (χ4v) is 4.43. The van der Waals surface area contributed by atoms with Crippen molar-refractivity contribution in [2.24, 2.45) is 0 Å². The molecule has 136 valence electrons. The van der Waals surface area contributed by atoms with Gasteiger partial charge in [0, 0.05) is 25.1 Å². The van der Waals surface area contributed by atoms with E-state index in [2.05, 4.69) is 0 Å². The van der Waals surface area contributed by atoms with Gasteiger partial charge in [0.15, 0.2) is 0 Å². The Morgan fingerprint density at radius 1 is 1.15 bits per heavy atom. The number of hydrogen-bond acceptors (Lipinski definition) is 6. The summed E-state index contributed by atoms with van der Waals surface area (Å²) in [6, 6.07) is 7.36. The number of amides is 2. The molecule has 1 aromatic carbocycles. The van der Waals surface area contributed by atoms with E-state index in [1.165, 1.54) is 9.80 Å². The minimum atomic E-state index is -1.07. The number of rotatable bonds is 6. The zero-order chi connectivity index (χ0) is 18.8. The van der Waals surface area contributed by atoms with Crippen molar-refractivity contribution in [2.75, 3.05) is 18.5 Å². The second-order valence-electron chi connectivity index (χ2n) is 6.09. The molecule has 3 rings (SSSR count). The largest absolute Gasteiger partial charge is 0.550 e. The normalized spacial score (nSPS) is 19.5. The van der Waals surface area contributed by atoms with Crippen molar-refractivity contribution in [3.63, 3.8) is 0 Å². The fraction of sp³-hybridized carbons (Fsp3) is 0.333. The van der Waals surface area contributed by atoms with Crippen LogP contribution in [0.4, 0.5) is 5.69 Å². The molecule has 8 heteroatoms. The van der Waals surface area contributed by atoms with Gasteiger partial charge < -0.3 is 14.8 Å². The van der Waals surface area contributed by atoms with Gasteiger partial charge in [0.05, 0.1) is 16.2 Å². The van der Waals surface area contributed by atoms with Crippen molar-refractivity contribution in [1.82, 2.24) is 4.90 Å². The van der Waals surface area contributed by atoms with Crippen LogP contribution in [0.1, 0.15) is 31.2 Å². The molecule has 0 radical (unpaired) electrons. The van der Waals surface area contributed by atoms with E-state index in [4.69, 9.17) is 12.2 Å². The van der Waals surface area contributed by atoms with E-state index in [9.17, 15) is 19.5 Å². The zero-order valence-corrected chi connectivity index (χ0v) is 15.8. The lowest BCUT2D eigenvalue weighted by Gasteiger charge is -2.14. The molecule has 2 amide bonds. The van der Waals surface area contributed by atoms with E-state index in [1.54, 1.807) is 7.05 Å². The van der Waals surface area contributed by atoms with E-state index in [0.29, 0.717) is 40.6 Å². The number of carboxylic acid groups (broad SMARTS) is 1. The van der Waals surface area contributed by atoms with E-state index >= 15 is 0 Å². The molecule has 0 saturated carbocycles. The number of carbonyl (C=O) groups is 3. The quantitative estimate of drug-likeness (QED) is 0.417. The molecular weight excluding hydrogens is 372 g/mol. The number of aliphatic carboxylic acids is 1. The van der Waals surface area contributed by atoms with Crippen LogP contribution in [0.25, 0.3) is 5.57 Å². The number of likely N-dealkylation sites (N-methyl/N-ethyl adjacent to an activating group) is 1. The fourth-order valence-electron chi connectivity index (χ4n) is 3.05. The first-order valence-corrected chi connectivity index (χ1v) is 9.49. The van der Waals surface area contributed by atoms with Crippen molar-refractivity contribution in [1.29, 1.82) is 0 Å². The molecule has 2 heterocycles. The maximum absolute atomic E-state index is 12.8. The van der Waals surface area contributed by atoms with E-state index < -0.39 is 5.97 Å². The van der Waals surface area contributed by atoms with Gasteiger partial charge in [0.25, 0.3) is 11.8 Å². The Labute approximate surface area is 160 Å². The number of fused-ring (bicyclic) bond motifs is 1. The molecule has 0 spiro atoms. The van der Waals surface area contributed by atoms with Gasteiger partial charge in [0.2, 0.25) is 0 Å². The van der Waals surface area contributed by atoms with Gasteiger partial charge in [-0.3, -0.25) is 14.5 Å². The second kappa shape index (κ2) is 7.59. The summed E-state index contributed by atoms with van der Waals surface area (Å²) in [4.78, 5) is 39.3.